The minimum Gasteiger partial charge on any atom is -0.465 e. The Balaban J connectivity index is 1.62. The van der Waals surface area contributed by atoms with Crippen molar-refractivity contribution in [3.05, 3.63) is 12.2 Å². The molecule has 2 atom stereocenters. The van der Waals surface area contributed by atoms with Gasteiger partial charge in [-0.3, -0.25) is 14.5 Å². The van der Waals surface area contributed by atoms with Crippen LogP contribution < -0.4 is 5.32 Å². The topological polar surface area (TPSA) is 75.7 Å². The standard InChI is InChI=1S/C15H22N2O4/c1-11-5-2-3-6-12(11)10-21-14(19)7-4-8-17-13(18)9-16-15(17)20/h2-3,11-12H,4-10H2,1H3,(H,16,20)/t11-,12+/m0/s1. The third-order valence-electron chi connectivity index (χ3n) is 4.08. The molecule has 0 unspecified atom stereocenters. The molecule has 1 aliphatic carbocycles. The summed E-state index contributed by atoms with van der Waals surface area (Å²) in [5.74, 6) is 0.429. The van der Waals surface area contributed by atoms with Gasteiger partial charge in [0.15, 0.2) is 0 Å². The highest BCUT2D eigenvalue weighted by Crippen LogP contribution is 2.25. The van der Waals surface area contributed by atoms with Gasteiger partial charge in [-0.25, -0.2) is 4.79 Å². The van der Waals surface area contributed by atoms with Gasteiger partial charge >= 0.3 is 12.0 Å². The van der Waals surface area contributed by atoms with E-state index in [-0.39, 0.29) is 37.4 Å². The summed E-state index contributed by atoms with van der Waals surface area (Å²) < 4.78 is 5.29. The number of imide groups is 1. The summed E-state index contributed by atoms with van der Waals surface area (Å²) in [6, 6.07) is -0.379. The summed E-state index contributed by atoms with van der Waals surface area (Å²) in [4.78, 5) is 35.5. The van der Waals surface area contributed by atoms with Crippen LogP contribution in [0.5, 0.6) is 0 Å². The first-order chi connectivity index (χ1) is 10.1. The molecule has 1 aliphatic heterocycles. The van der Waals surface area contributed by atoms with Gasteiger partial charge < -0.3 is 10.1 Å². The summed E-state index contributed by atoms with van der Waals surface area (Å²) >= 11 is 0. The minimum atomic E-state index is -0.379. The van der Waals surface area contributed by atoms with Crippen molar-refractivity contribution >= 4 is 17.9 Å². The number of carbonyl (C=O) groups excluding carboxylic acids is 3. The smallest absolute Gasteiger partial charge is 0.324 e. The zero-order chi connectivity index (χ0) is 15.2. The molecule has 1 heterocycles. The molecule has 116 valence electrons. The van der Waals surface area contributed by atoms with Crippen molar-refractivity contribution in [2.45, 2.75) is 32.6 Å². The molecule has 2 rings (SSSR count). The monoisotopic (exact) mass is 294 g/mol. The van der Waals surface area contributed by atoms with Crippen LogP contribution in [-0.4, -0.2) is 42.5 Å². The maximum Gasteiger partial charge on any atom is 0.324 e. The van der Waals surface area contributed by atoms with Gasteiger partial charge in [0.1, 0.15) is 0 Å². The number of esters is 1. The highest BCUT2D eigenvalue weighted by molar-refractivity contribution is 6.01. The molecule has 6 heteroatoms. The summed E-state index contributed by atoms with van der Waals surface area (Å²) in [5.41, 5.74) is 0. The Labute approximate surface area is 124 Å². The molecule has 21 heavy (non-hydrogen) atoms. The van der Waals surface area contributed by atoms with Crippen LogP contribution in [0.15, 0.2) is 12.2 Å². The Kier molecular flexibility index (Phi) is 5.36. The second-order valence-corrected chi connectivity index (χ2v) is 5.67. The van der Waals surface area contributed by atoms with Crippen molar-refractivity contribution in [1.82, 2.24) is 10.2 Å². The molecule has 0 bridgehead atoms. The second kappa shape index (κ2) is 7.24. The number of amides is 3. The number of rotatable bonds is 6. The molecule has 0 aromatic rings. The Morgan fingerprint density at radius 2 is 2.14 bits per heavy atom. The number of nitrogens with one attached hydrogen (secondary N) is 1. The average molecular weight is 294 g/mol. The van der Waals surface area contributed by atoms with E-state index in [2.05, 4.69) is 24.4 Å². The third-order valence-corrected chi connectivity index (χ3v) is 4.08. The lowest BCUT2D eigenvalue weighted by atomic mass is 9.85. The lowest BCUT2D eigenvalue weighted by Crippen LogP contribution is -2.32. The molecule has 6 nitrogen and oxygen atoms in total. The predicted octanol–water partition coefficient (Wildman–Crippen LogP) is 1.46. The summed E-state index contributed by atoms with van der Waals surface area (Å²) in [5, 5.41) is 2.45. The Morgan fingerprint density at radius 1 is 1.38 bits per heavy atom. The van der Waals surface area contributed by atoms with Crippen LogP contribution in [0.3, 0.4) is 0 Å². The van der Waals surface area contributed by atoms with Crippen LogP contribution in [-0.2, 0) is 14.3 Å². The first kappa shape index (κ1) is 15.5. The molecule has 0 aromatic heterocycles. The number of carbonyl (C=O) groups is 3. The number of allylic oxidation sites excluding steroid dienone is 2. The first-order valence-corrected chi connectivity index (χ1v) is 7.46. The van der Waals surface area contributed by atoms with Crippen LogP contribution >= 0.6 is 0 Å². The zero-order valence-electron chi connectivity index (χ0n) is 12.3. The van der Waals surface area contributed by atoms with E-state index in [0.717, 1.165) is 17.7 Å². The number of ether oxygens (including phenoxy) is 1. The van der Waals surface area contributed by atoms with Crippen molar-refractivity contribution < 1.29 is 19.1 Å². The quantitative estimate of drug-likeness (QED) is 0.457. The second-order valence-electron chi connectivity index (χ2n) is 5.67. The summed E-state index contributed by atoms with van der Waals surface area (Å²) in [6.07, 6.45) is 6.97. The van der Waals surface area contributed by atoms with Gasteiger partial charge in [0, 0.05) is 13.0 Å². The number of hydrogen-bond acceptors (Lipinski definition) is 4. The molecule has 1 N–H and O–H groups in total. The highest BCUT2D eigenvalue weighted by Gasteiger charge is 2.28. The van der Waals surface area contributed by atoms with Gasteiger partial charge in [-0.2, -0.15) is 0 Å². The van der Waals surface area contributed by atoms with E-state index in [0.29, 0.717) is 24.9 Å². The predicted molar refractivity (Wildman–Crippen MR) is 76.3 cm³/mol. The van der Waals surface area contributed by atoms with E-state index in [1.807, 2.05) is 0 Å². The first-order valence-electron chi connectivity index (χ1n) is 7.46. The van der Waals surface area contributed by atoms with Crippen LogP contribution in [0.2, 0.25) is 0 Å². The SMILES string of the molecule is C[C@H]1CC=CC[C@@H]1COC(=O)CCCN1C(=O)CNC1=O. The molecule has 0 radical (unpaired) electrons. The van der Waals surface area contributed by atoms with Crippen molar-refractivity contribution in [2.75, 3.05) is 19.7 Å². The van der Waals surface area contributed by atoms with E-state index < -0.39 is 0 Å². The van der Waals surface area contributed by atoms with Crippen molar-refractivity contribution in [2.24, 2.45) is 11.8 Å². The maximum absolute atomic E-state index is 11.7. The average Bonchev–Trinajstić information content (AvgIpc) is 2.78. The van der Waals surface area contributed by atoms with Crippen LogP contribution in [0.4, 0.5) is 4.79 Å². The Bertz CT molecular complexity index is 431. The fourth-order valence-electron chi connectivity index (χ4n) is 2.57. The fraction of sp³-hybridized carbons (Fsp3) is 0.667. The normalized spacial score (nSPS) is 25.1. The number of urea groups is 1. The highest BCUT2D eigenvalue weighted by atomic mass is 16.5. The van der Waals surface area contributed by atoms with Crippen molar-refractivity contribution in [3.8, 4) is 0 Å². The zero-order valence-corrected chi connectivity index (χ0v) is 12.3. The van der Waals surface area contributed by atoms with Gasteiger partial charge in [0.05, 0.1) is 13.2 Å². The van der Waals surface area contributed by atoms with E-state index >= 15 is 0 Å². The largest absolute Gasteiger partial charge is 0.465 e. The van der Waals surface area contributed by atoms with Gasteiger partial charge in [-0.15, -0.1) is 0 Å². The van der Waals surface area contributed by atoms with Gasteiger partial charge in [0.25, 0.3) is 0 Å². The lowest BCUT2D eigenvalue weighted by molar-refractivity contribution is -0.146. The van der Waals surface area contributed by atoms with E-state index in [1.165, 1.54) is 0 Å². The Morgan fingerprint density at radius 3 is 2.81 bits per heavy atom. The van der Waals surface area contributed by atoms with Crippen LogP contribution in [0, 0.1) is 11.8 Å². The molecular weight excluding hydrogens is 272 g/mol. The molecule has 0 saturated carbocycles. The number of hydrogen-bond donors (Lipinski definition) is 1. The molecule has 1 saturated heterocycles. The van der Waals surface area contributed by atoms with Crippen LogP contribution in [0.25, 0.3) is 0 Å². The van der Waals surface area contributed by atoms with Crippen molar-refractivity contribution in [1.29, 1.82) is 0 Å². The van der Waals surface area contributed by atoms with Crippen molar-refractivity contribution in [3.63, 3.8) is 0 Å². The van der Waals surface area contributed by atoms with Crippen LogP contribution in [0.1, 0.15) is 32.6 Å². The lowest BCUT2D eigenvalue weighted by Gasteiger charge is -2.24. The van der Waals surface area contributed by atoms with Gasteiger partial charge in [0.2, 0.25) is 5.91 Å². The minimum absolute atomic E-state index is 0.0520. The fourth-order valence-corrected chi connectivity index (χ4v) is 2.57. The molecule has 2 aliphatic rings. The molecule has 3 amide bonds. The summed E-state index contributed by atoms with van der Waals surface area (Å²) in [6.45, 7) is 2.94. The number of nitrogens with zero attached hydrogens (tertiary/aromatic N) is 1. The maximum atomic E-state index is 11.7. The summed E-state index contributed by atoms with van der Waals surface area (Å²) in [7, 11) is 0. The van der Waals surface area contributed by atoms with Gasteiger partial charge in [-0.05, 0) is 31.1 Å². The van der Waals surface area contributed by atoms with E-state index in [9.17, 15) is 14.4 Å². The van der Waals surface area contributed by atoms with E-state index in [1.54, 1.807) is 0 Å². The molecule has 1 fully saturated rings. The molecular formula is C15H22N2O4. The molecule has 0 aromatic carbocycles. The third kappa shape index (κ3) is 4.31. The van der Waals surface area contributed by atoms with E-state index in [4.69, 9.17) is 4.74 Å². The Hall–Kier alpha value is -1.85. The molecule has 0 spiro atoms. The van der Waals surface area contributed by atoms with Gasteiger partial charge in [-0.1, -0.05) is 19.1 Å².